The Kier molecular flexibility index (Phi) is 6.26. The van der Waals surface area contributed by atoms with Crippen LogP contribution in [0.25, 0.3) is 55.8 Å². The first-order valence-electron chi connectivity index (χ1n) is 12.8. The SMILES string of the molecule is CC(C)(C)CC(O)Nc1cncc(-c2cc(F)c3n[nH]c(-c4nc5c(-c6ccc(F)cc6)nccc5[nH]4)c3c2)c1. The molecule has 2 aromatic carbocycles. The number of aliphatic hydroxyl groups excluding tert-OH is 1. The molecule has 0 amide bonds. The summed E-state index contributed by atoms with van der Waals surface area (Å²) in [4.78, 5) is 16.8. The molecule has 0 aliphatic rings. The van der Waals surface area contributed by atoms with E-state index in [-0.39, 0.29) is 16.7 Å². The van der Waals surface area contributed by atoms with Gasteiger partial charge in [0.15, 0.2) is 11.6 Å². The summed E-state index contributed by atoms with van der Waals surface area (Å²) in [5, 5.41) is 21.2. The van der Waals surface area contributed by atoms with Crippen LogP contribution in [-0.4, -0.2) is 41.5 Å². The van der Waals surface area contributed by atoms with E-state index in [9.17, 15) is 9.50 Å². The average Bonchev–Trinajstić information content (AvgIpc) is 3.52. The summed E-state index contributed by atoms with van der Waals surface area (Å²) >= 11 is 0. The molecule has 4 aromatic heterocycles. The number of aromatic amines is 2. The third-order valence-corrected chi connectivity index (χ3v) is 6.58. The zero-order chi connectivity index (χ0) is 28.0. The lowest BCUT2D eigenvalue weighted by molar-refractivity contribution is 0.145. The monoisotopic (exact) mass is 539 g/mol. The van der Waals surface area contributed by atoms with E-state index in [4.69, 9.17) is 4.98 Å². The molecule has 0 spiro atoms. The van der Waals surface area contributed by atoms with Crippen molar-refractivity contribution >= 4 is 27.6 Å². The van der Waals surface area contributed by atoms with Crippen molar-refractivity contribution in [2.75, 3.05) is 5.32 Å². The Bertz CT molecular complexity index is 1840. The number of anilines is 1. The number of aliphatic hydroxyl groups is 1. The van der Waals surface area contributed by atoms with E-state index in [0.717, 1.165) is 11.1 Å². The van der Waals surface area contributed by atoms with Gasteiger partial charge in [-0.2, -0.15) is 5.10 Å². The minimum Gasteiger partial charge on any atom is -0.374 e. The number of nitrogens with one attached hydrogen (secondary N) is 3. The van der Waals surface area contributed by atoms with Crippen LogP contribution in [0.15, 0.2) is 67.1 Å². The maximum atomic E-state index is 15.3. The van der Waals surface area contributed by atoms with Gasteiger partial charge in [0.25, 0.3) is 0 Å². The molecule has 0 aliphatic carbocycles. The largest absolute Gasteiger partial charge is 0.374 e. The summed E-state index contributed by atoms with van der Waals surface area (Å²) in [6, 6.07) is 12.9. The minimum atomic E-state index is -0.751. The van der Waals surface area contributed by atoms with E-state index in [1.165, 1.54) is 18.2 Å². The number of hydrogen-bond donors (Lipinski definition) is 4. The second kappa shape index (κ2) is 9.80. The molecule has 4 N–H and O–H groups in total. The molecular formula is C30H27F2N7O. The first-order chi connectivity index (χ1) is 19.1. The predicted octanol–water partition coefficient (Wildman–Crippen LogP) is 6.67. The highest BCUT2D eigenvalue weighted by molar-refractivity contribution is 5.97. The van der Waals surface area contributed by atoms with Gasteiger partial charge >= 0.3 is 0 Å². The van der Waals surface area contributed by atoms with E-state index in [0.29, 0.717) is 51.4 Å². The highest BCUT2D eigenvalue weighted by Crippen LogP contribution is 2.34. The summed E-state index contributed by atoms with van der Waals surface area (Å²) in [5.41, 5.74) is 5.17. The zero-order valence-corrected chi connectivity index (χ0v) is 22.1. The summed E-state index contributed by atoms with van der Waals surface area (Å²) in [5.74, 6) is -0.367. The van der Waals surface area contributed by atoms with Gasteiger partial charge in [-0.25, -0.2) is 13.8 Å². The van der Waals surface area contributed by atoms with Crippen molar-refractivity contribution in [2.24, 2.45) is 5.41 Å². The van der Waals surface area contributed by atoms with Crippen molar-refractivity contribution in [2.45, 2.75) is 33.4 Å². The van der Waals surface area contributed by atoms with E-state index in [1.807, 2.05) is 12.1 Å². The Balaban J connectivity index is 1.39. The van der Waals surface area contributed by atoms with E-state index in [2.05, 4.69) is 51.2 Å². The van der Waals surface area contributed by atoms with Crippen LogP contribution in [0, 0.1) is 17.0 Å². The lowest BCUT2D eigenvalue weighted by Gasteiger charge is -2.23. The highest BCUT2D eigenvalue weighted by Gasteiger charge is 2.19. The van der Waals surface area contributed by atoms with Gasteiger partial charge in [-0.1, -0.05) is 20.8 Å². The van der Waals surface area contributed by atoms with Crippen LogP contribution in [0.3, 0.4) is 0 Å². The van der Waals surface area contributed by atoms with Crippen LogP contribution < -0.4 is 5.32 Å². The molecule has 0 saturated carbocycles. The van der Waals surface area contributed by atoms with Crippen molar-refractivity contribution in [1.82, 2.24) is 30.1 Å². The summed E-state index contributed by atoms with van der Waals surface area (Å²) < 4.78 is 28.7. The average molecular weight is 540 g/mol. The molecule has 8 nitrogen and oxygen atoms in total. The molecule has 40 heavy (non-hydrogen) atoms. The number of H-pyrrole nitrogens is 2. The van der Waals surface area contributed by atoms with Crippen molar-refractivity contribution in [3.8, 4) is 33.9 Å². The molecule has 0 radical (unpaired) electrons. The standard InChI is InChI=1S/C30H27F2N7O/c1-30(2,3)13-24(40)35-20-10-18(14-33-15-20)17-11-21-26(22(32)12-17)38-39-27(21)29-36-23-8-9-34-25(28(23)37-29)16-4-6-19(31)7-5-16/h4-12,14-15,24,35,40H,13H2,1-3H3,(H,36,37)(H,38,39). The molecule has 1 atom stereocenters. The van der Waals surface area contributed by atoms with E-state index in [1.54, 1.807) is 36.8 Å². The number of pyridine rings is 2. The number of nitrogens with zero attached hydrogens (tertiary/aromatic N) is 4. The second-order valence-corrected chi connectivity index (χ2v) is 11.0. The lowest BCUT2D eigenvalue weighted by Crippen LogP contribution is -2.25. The van der Waals surface area contributed by atoms with Crippen molar-refractivity contribution in [1.29, 1.82) is 0 Å². The number of hydrogen-bond acceptors (Lipinski definition) is 6. The molecule has 0 aliphatic heterocycles. The third-order valence-electron chi connectivity index (χ3n) is 6.58. The first kappa shape index (κ1) is 25.6. The van der Waals surface area contributed by atoms with Gasteiger partial charge in [0.1, 0.15) is 28.8 Å². The lowest BCUT2D eigenvalue weighted by atomic mass is 9.91. The Labute approximate surface area is 228 Å². The Morgan fingerprint density at radius 3 is 2.52 bits per heavy atom. The van der Waals surface area contributed by atoms with Gasteiger partial charge in [0.05, 0.1) is 23.1 Å². The fourth-order valence-corrected chi connectivity index (χ4v) is 4.80. The zero-order valence-electron chi connectivity index (χ0n) is 22.1. The van der Waals surface area contributed by atoms with Crippen molar-refractivity contribution in [3.05, 3.63) is 78.8 Å². The number of fused-ring (bicyclic) bond motifs is 2. The van der Waals surface area contributed by atoms with Gasteiger partial charge in [-0.3, -0.25) is 15.1 Å². The quantitative estimate of drug-likeness (QED) is 0.176. The van der Waals surface area contributed by atoms with Gasteiger partial charge in [-0.15, -0.1) is 0 Å². The molecular weight excluding hydrogens is 512 g/mol. The van der Waals surface area contributed by atoms with Crippen LogP contribution in [0.5, 0.6) is 0 Å². The van der Waals surface area contributed by atoms with E-state index >= 15 is 4.39 Å². The molecule has 0 fully saturated rings. The van der Waals surface area contributed by atoms with Gasteiger partial charge in [0, 0.05) is 28.9 Å². The Morgan fingerprint density at radius 2 is 1.75 bits per heavy atom. The first-order valence-corrected chi connectivity index (χ1v) is 12.8. The van der Waals surface area contributed by atoms with E-state index < -0.39 is 12.0 Å². The van der Waals surface area contributed by atoms with Crippen molar-refractivity contribution in [3.63, 3.8) is 0 Å². The molecule has 10 heteroatoms. The molecule has 0 saturated heterocycles. The van der Waals surface area contributed by atoms with Crippen LogP contribution in [-0.2, 0) is 0 Å². The molecule has 4 heterocycles. The smallest absolute Gasteiger partial charge is 0.157 e. The van der Waals surface area contributed by atoms with Crippen LogP contribution >= 0.6 is 0 Å². The van der Waals surface area contributed by atoms with Crippen LogP contribution in [0.4, 0.5) is 14.5 Å². The normalized spacial score (nSPS) is 12.8. The molecule has 202 valence electrons. The topological polar surface area (TPSA) is 115 Å². The Hall–Kier alpha value is -4.70. The number of aromatic nitrogens is 6. The fraction of sp³-hybridized carbons (Fsp3) is 0.200. The fourth-order valence-electron chi connectivity index (χ4n) is 4.80. The predicted molar refractivity (Wildman–Crippen MR) is 151 cm³/mol. The third kappa shape index (κ3) is 5.01. The minimum absolute atomic E-state index is 0.0597. The maximum absolute atomic E-state index is 15.3. The van der Waals surface area contributed by atoms with Crippen molar-refractivity contribution < 1.29 is 13.9 Å². The second-order valence-electron chi connectivity index (χ2n) is 11.0. The van der Waals surface area contributed by atoms with Gasteiger partial charge in [0.2, 0.25) is 0 Å². The summed E-state index contributed by atoms with van der Waals surface area (Å²) in [6.45, 7) is 6.15. The van der Waals surface area contributed by atoms with Crippen LogP contribution in [0.2, 0.25) is 0 Å². The molecule has 1 unspecified atom stereocenters. The Morgan fingerprint density at radius 1 is 0.950 bits per heavy atom. The number of rotatable bonds is 6. The highest BCUT2D eigenvalue weighted by atomic mass is 19.1. The number of halogens is 2. The number of imidazole rings is 1. The summed E-state index contributed by atoms with van der Waals surface area (Å²) in [7, 11) is 0. The van der Waals surface area contributed by atoms with Gasteiger partial charge in [-0.05, 0) is 65.9 Å². The summed E-state index contributed by atoms with van der Waals surface area (Å²) in [6.07, 6.45) is 4.71. The number of benzene rings is 2. The maximum Gasteiger partial charge on any atom is 0.157 e. The molecule has 6 aromatic rings. The van der Waals surface area contributed by atoms with Crippen LogP contribution in [0.1, 0.15) is 27.2 Å². The molecule has 0 bridgehead atoms. The molecule has 6 rings (SSSR count). The van der Waals surface area contributed by atoms with Gasteiger partial charge < -0.3 is 15.4 Å².